The Morgan fingerprint density at radius 2 is 1.93 bits per heavy atom. The molecule has 154 valence electrons. The first kappa shape index (κ1) is 20.7. The van der Waals surface area contributed by atoms with Gasteiger partial charge in [0, 0.05) is 49.9 Å². The SMILES string of the molecule is CCC(=O)N1CCC(N(C)C(=O)Nc2ccc(-c3cc(F)ccc3F)cn2)CC1. The average Bonchev–Trinajstić information content (AvgIpc) is 2.75. The van der Waals surface area contributed by atoms with E-state index in [9.17, 15) is 18.4 Å². The van der Waals surface area contributed by atoms with Crippen LogP contribution in [0.25, 0.3) is 11.1 Å². The Kier molecular flexibility index (Phi) is 6.41. The predicted molar refractivity (Wildman–Crippen MR) is 106 cm³/mol. The van der Waals surface area contributed by atoms with E-state index in [-0.39, 0.29) is 23.5 Å². The molecule has 1 aromatic carbocycles. The van der Waals surface area contributed by atoms with Crippen molar-refractivity contribution in [2.24, 2.45) is 0 Å². The van der Waals surface area contributed by atoms with Crippen molar-refractivity contribution in [1.29, 1.82) is 0 Å². The van der Waals surface area contributed by atoms with E-state index in [2.05, 4.69) is 10.3 Å². The summed E-state index contributed by atoms with van der Waals surface area (Å²) in [5.74, 6) is -0.625. The van der Waals surface area contributed by atoms with Crippen molar-refractivity contribution in [2.75, 3.05) is 25.5 Å². The molecule has 2 aromatic rings. The molecule has 3 amide bonds. The molecule has 0 aliphatic carbocycles. The lowest BCUT2D eigenvalue weighted by Crippen LogP contribution is -2.48. The van der Waals surface area contributed by atoms with Gasteiger partial charge in [-0.25, -0.2) is 18.6 Å². The first-order valence-electron chi connectivity index (χ1n) is 9.62. The standard InChI is InChI=1S/C21H24F2N4O2/c1-3-20(28)27-10-8-16(9-11-27)26(2)21(29)25-19-7-4-14(13-24-19)17-12-15(22)5-6-18(17)23/h4-7,12-13,16H,3,8-11H2,1-2H3,(H,24,25,29). The highest BCUT2D eigenvalue weighted by molar-refractivity contribution is 5.88. The summed E-state index contributed by atoms with van der Waals surface area (Å²) in [6, 6.07) is 6.09. The number of likely N-dealkylation sites (tertiary alicyclic amines) is 1. The Bertz CT molecular complexity index is 881. The highest BCUT2D eigenvalue weighted by Crippen LogP contribution is 2.24. The number of pyridine rings is 1. The smallest absolute Gasteiger partial charge is 0.323 e. The Morgan fingerprint density at radius 1 is 1.21 bits per heavy atom. The normalized spacial score (nSPS) is 14.6. The molecule has 0 bridgehead atoms. The van der Waals surface area contributed by atoms with Crippen LogP contribution in [0.3, 0.4) is 0 Å². The van der Waals surface area contributed by atoms with E-state index >= 15 is 0 Å². The molecule has 1 saturated heterocycles. The van der Waals surface area contributed by atoms with Gasteiger partial charge < -0.3 is 9.80 Å². The molecule has 3 rings (SSSR count). The van der Waals surface area contributed by atoms with Crippen LogP contribution in [-0.2, 0) is 4.79 Å². The maximum Gasteiger partial charge on any atom is 0.323 e. The van der Waals surface area contributed by atoms with Crippen LogP contribution in [-0.4, -0.2) is 52.9 Å². The number of benzene rings is 1. The second kappa shape index (κ2) is 8.98. The zero-order chi connectivity index (χ0) is 21.0. The van der Waals surface area contributed by atoms with Crippen LogP contribution in [0.5, 0.6) is 0 Å². The number of nitrogens with one attached hydrogen (secondary N) is 1. The second-order valence-corrected chi connectivity index (χ2v) is 7.06. The number of urea groups is 1. The minimum absolute atomic E-state index is 0.0385. The minimum atomic E-state index is -0.544. The fraction of sp³-hybridized carbons (Fsp3) is 0.381. The van der Waals surface area contributed by atoms with Crippen molar-refractivity contribution in [3.63, 3.8) is 0 Å². The summed E-state index contributed by atoms with van der Waals surface area (Å²) in [7, 11) is 1.72. The molecule has 2 heterocycles. The second-order valence-electron chi connectivity index (χ2n) is 7.06. The van der Waals surface area contributed by atoms with Crippen LogP contribution < -0.4 is 5.32 Å². The number of carbonyl (C=O) groups is 2. The Morgan fingerprint density at radius 3 is 2.55 bits per heavy atom. The molecular weight excluding hydrogens is 378 g/mol. The van der Waals surface area contributed by atoms with Crippen molar-refractivity contribution in [3.8, 4) is 11.1 Å². The van der Waals surface area contributed by atoms with Crippen molar-refractivity contribution in [2.45, 2.75) is 32.2 Å². The molecule has 0 radical (unpaired) electrons. The number of anilines is 1. The summed E-state index contributed by atoms with van der Waals surface area (Å²) in [6.07, 6.45) is 3.33. The summed E-state index contributed by atoms with van der Waals surface area (Å²) in [6.45, 7) is 3.12. The molecule has 1 fully saturated rings. The van der Waals surface area contributed by atoms with Crippen LogP contribution in [0.2, 0.25) is 0 Å². The number of hydrogen-bond acceptors (Lipinski definition) is 3. The lowest BCUT2D eigenvalue weighted by atomic mass is 10.0. The lowest BCUT2D eigenvalue weighted by Gasteiger charge is -2.36. The van der Waals surface area contributed by atoms with Crippen molar-refractivity contribution < 1.29 is 18.4 Å². The van der Waals surface area contributed by atoms with E-state index in [1.807, 2.05) is 11.8 Å². The van der Waals surface area contributed by atoms with Gasteiger partial charge in [-0.15, -0.1) is 0 Å². The molecule has 0 spiro atoms. The third kappa shape index (κ3) is 4.88. The molecule has 29 heavy (non-hydrogen) atoms. The number of amides is 3. The summed E-state index contributed by atoms with van der Waals surface area (Å²) in [5, 5.41) is 2.72. The van der Waals surface area contributed by atoms with Gasteiger partial charge in [0.1, 0.15) is 17.5 Å². The largest absolute Gasteiger partial charge is 0.343 e. The molecule has 1 aliphatic rings. The van der Waals surface area contributed by atoms with Crippen LogP contribution in [0.1, 0.15) is 26.2 Å². The van der Waals surface area contributed by atoms with Crippen molar-refractivity contribution >= 4 is 17.8 Å². The van der Waals surface area contributed by atoms with Crippen LogP contribution in [0, 0.1) is 11.6 Å². The van der Waals surface area contributed by atoms with E-state index in [4.69, 9.17) is 0 Å². The Balaban J connectivity index is 1.59. The van der Waals surface area contributed by atoms with Crippen LogP contribution in [0.15, 0.2) is 36.5 Å². The average molecular weight is 402 g/mol. The summed E-state index contributed by atoms with van der Waals surface area (Å²) >= 11 is 0. The van der Waals surface area contributed by atoms with Gasteiger partial charge in [0.2, 0.25) is 5.91 Å². The van der Waals surface area contributed by atoms with Gasteiger partial charge in [-0.3, -0.25) is 10.1 Å². The fourth-order valence-corrected chi connectivity index (χ4v) is 3.44. The highest BCUT2D eigenvalue weighted by Gasteiger charge is 2.27. The zero-order valence-corrected chi connectivity index (χ0v) is 16.5. The van der Waals surface area contributed by atoms with Crippen molar-refractivity contribution in [3.05, 3.63) is 48.2 Å². The number of piperidine rings is 1. The third-order valence-electron chi connectivity index (χ3n) is 5.23. The first-order valence-corrected chi connectivity index (χ1v) is 9.62. The number of rotatable bonds is 4. The number of aromatic nitrogens is 1. The van der Waals surface area contributed by atoms with Gasteiger partial charge in [-0.1, -0.05) is 6.92 Å². The lowest BCUT2D eigenvalue weighted by molar-refractivity contribution is -0.132. The van der Waals surface area contributed by atoms with E-state index in [1.54, 1.807) is 24.1 Å². The molecular formula is C21H24F2N4O2. The van der Waals surface area contributed by atoms with Gasteiger partial charge in [0.25, 0.3) is 0 Å². The first-order chi connectivity index (χ1) is 13.9. The number of halogens is 2. The van der Waals surface area contributed by atoms with Gasteiger partial charge >= 0.3 is 6.03 Å². The maximum atomic E-state index is 13.9. The summed E-state index contributed by atoms with van der Waals surface area (Å²) in [5.41, 5.74) is 0.530. The van der Waals surface area contributed by atoms with E-state index in [1.165, 1.54) is 6.20 Å². The molecule has 1 N–H and O–H groups in total. The molecule has 1 aromatic heterocycles. The van der Waals surface area contributed by atoms with E-state index in [0.717, 1.165) is 31.0 Å². The van der Waals surface area contributed by atoms with Crippen molar-refractivity contribution in [1.82, 2.24) is 14.8 Å². The Hall–Kier alpha value is -3.03. The van der Waals surface area contributed by atoms with Gasteiger partial charge in [0.05, 0.1) is 0 Å². The molecule has 0 saturated carbocycles. The van der Waals surface area contributed by atoms with Gasteiger partial charge in [-0.2, -0.15) is 0 Å². The highest BCUT2D eigenvalue weighted by atomic mass is 19.1. The number of carbonyl (C=O) groups excluding carboxylic acids is 2. The minimum Gasteiger partial charge on any atom is -0.343 e. The topological polar surface area (TPSA) is 65.5 Å². The summed E-state index contributed by atoms with van der Waals surface area (Å²) < 4.78 is 27.2. The fourth-order valence-electron chi connectivity index (χ4n) is 3.44. The zero-order valence-electron chi connectivity index (χ0n) is 16.5. The molecule has 0 atom stereocenters. The molecule has 8 heteroatoms. The quantitative estimate of drug-likeness (QED) is 0.844. The maximum absolute atomic E-state index is 13.9. The number of hydrogen-bond donors (Lipinski definition) is 1. The summed E-state index contributed by atoms with van der Waals surface area (Å²) in [4.78, 5) is 31.9. The molecule has 1 aliphatic heterocycles. The third-order valence-corrected chi connectivity index (χ3v) is 5.23. The molecule has 0 unspecified atom stereocenters. The van der Waals surface area contributed by atoms with Gasteiger partial charge in [-0.05, 0) is 43.2 Å². The Labute approximate surface area is 168 Å². The van der Waals surface area contributed by atoms with Crippen LogP contribution >= 0.6 is 0 Å². The number of nitrogens with zero attached hydrogens (tertiary/aromatic N) is 3. The van der Waals surface area contributed by atoms with Gasteiger partial charge in [0.15, 0.2) is 0 Å². The van der Waals surface area contributed by atoms with E-state index in [0.29, 0.717) is 30.9 Å². The predicted octanol–water partition coefficient (Wildman–Crippen LogP) is 3.89. The monoisotopic (exact) mass is 402 g/mol. The van der Waals surface area contributed by atoms with Crippen LogP contribution in [0.4, 0.5) is 19.4 Å². The van der Waals surface area contributed by atoms with E-state index < -0.39 is 11.6 Å². The molecule has 6 nitrogen and oxygen atoms in total.